The van der Waals surface area contributed by atoms with Crippen LogP contribution in [-0.4, -0.2) is 90.0 Å². The fourth-order valence-corrected chi connectivity index (χ4v) is 6.95. The van der Waals surface area contributed by atoms with E-state index < -0.39 is 76.1 Å². The number of Topliss-reactive ketones (excluding diaryl/α,β-unsaturated/α-hetero) is 4. The number of rotatable bonds is 5. The van der Waals surface area contributed by atoms with Crippen LogP contribution in [0.4, 0.5) is 21.9 Å². The van der Waals surface area contributed by atoms with Gasteiger partial charge in [0.2, 0.25) is 5.91 Å². The third-order valence-corrected chi connectivity index (χ3v) is 8.80. The zero-order valence-corrected chi connectivity index (χ0v) is 24.1. The molecule has 13 nitrogen and oxygen atoms in total. The number of carbonyl (C=O) groups is 6. The number of phenolic OH excluding ortho intramolecular Hbond substituents is 1. The molecule has 2 fully saturated rings. The van der Waals surface area contributed by atoms with Crippen LogP contribution >= 0.6 is 0 Å². The number of amides is 3. The van der Waals surface area contributed by atoms with Gasteiger partial charge in [-0.2, -0.15) is 0 Å². The highest BCUT2D eigenvalue weighted by Gasteiger charge is 2.69. The average Bonchev–Trinajstić information content (AvgIpc) is 2.92. The summed E-state index contributed by atoms with van der Waals surface area (Å²) < 4.78 is 0. The lowest BCUT2D eigenvalue weighted by molar-refractivity contribution is -0.181. The lowest BCUT2D eigenvalue weighted by Crippen LogP contribution is -2.74. The van der Waals surface area contributed by atoms with Crippen molar-refractivity contribution in [2.75, 3.05) is 43.7 Å². The Balaban J connectivity index is 1.58. The molecule has 2 saturated carbocycles. The van der Waals surface area contributed by atoms with E-state index in [9.17, 15) is 39.0 Å². The van der Waals surface area contributed by atoms with Crippen molar-refractivity contribution in [2.24, 2.45) is 29.4 Å². The summed E-state index contributed by atoms with van der Waals surface area (Å²) in [6.07, 6.45) is 0.0421. The van der Waals surface area contributed by atoms with Crippen LogP contribution in [0.5, 0.6) is 5.75 Å². The fourth-order valence-electron chi connectivity index (χ4n) is 6.95. The number of carbonyl (C=O) groups excluding carboxylic acids is 6. The predicted molar refractivity (Wildman–Crippen MR) is 155 cm³/mol. The molecule has 0 radical (unpaired) electrons. The number of nitrogens with two attached hydrogens (primary N) is 1. The first-order chi connectivity index (χ1) is 20.2. The molecule has 5 rings (SSSR count). The summed E-state index contributed by atoms with van der Waals surface area (Å²) in [4.78, 5) is 82.9. The standard InChI is InChI=1S/C30H33N5O8/c1-34(2)18-12-17(33-29(42)32-14-8-6-5-7-9-14)23(36)20-15(18)10-13-11-16-22(35(3)4)25(38)21(28(31)41)27(40)30(16,43)26(39)19(13)24(20)37/h5-9,12-13,16,19,21-22,36,43H,10-11H2,1-4H3,(H2,31,41)(H2,32,33,42). The second kappa shape index (κ2) is 10.6. The number of aliphatic hydroxyl groups is 1. The van der Waals surface area contributed by atoms with Gasteiger partial charge in [-0.05, 0) is 56.6 Å². The molecule has 13 heteroatoms. The van der Waals surface area contributed by atoms with Gasteiger partial charge in [0.05, 0.1) is 23.2 Å². The van der Waals surface area contributed by atoms with E-state index in [-0.39, 0.29) is 24.1 Å². The number of hydrogen-bond donors (Lipinski definition) is 5. The smallest absolute Gasteiger partial charge is 0.323 e. The SMILES string of the molecule is CN(C)c1cc(NC(=O)Nc2ccccc2)c(O)c2c1CC1CC3C(N(C)C)C(=O)C(C(N)=O)C(=O)C3(O)C(=O)C1C2=O. The van der Waals surface area contributed by atoms with Crippen LogP contribution in [0, 0.1) is 23.7 Å². The Morgan fingerprint density at radius 1 is 1.00 bits per heavy atom. The van der Waals surface area contributed by atoms with Crippen LogP contribution in [0.25, 0.3) is 0 Å². The molecule has 0 saturated heterocycles. The van der Waals surface area contributed by atoms with Gasteiger partial charge in [0.15, 0.2) is 34.7 Å². The van der Waals surface area contributed by atoms with Crippen LogP contribution in [0.3, 0.4) is 0 Å². The number of nitrogens with one attached hydrogen (secondary N) is 2. The van der Waals surface area contributed by atoms with Crippen molar-refractivity contribution >= 4 is 52.1 Å². The quantitative estimate of drug-likeness (QED) is 0.242. The Hall–Kier alpha value is -4.62. The molecule has 0 aromatic heterocycles. The summed E-state index contributed by atoms with van der Waals surface area (Å²) in [5.74, 6) is -11.5. The summed E-state index contributed by atoms with van der Waals surface area (Å²) >= 11 is 0. The first kappa shape index (κ1) is 29.9. The summed E-state index contributed by atoms with van der Waals surface area (Å²) in [7, 11) is 6.48. The number of ketones is 4. The number of likely N-dealkylation sites (N-methyl/N-ethyl adjacent to an activating group) is 1. The number of benzene rings is 2. The van der Waals surface area contributed by atoms with Crippen molar-refractivity contribution in [2.45, 2.75) is 24.5 Å². The van der Waals surface area contributed by atoms with Crippen LogP contribution in [0.2, 0.25) is 0 Å². The van der Waals surface area contributed by atoms with Gasteiger partial charge in [-0.15, -0.1) is 0 Å². The Morgan fingerprint density at radius 3 is 2.23 bits per heavy atom. The number of hydrogen-bond acceptors (Lipinski definition) is 10. The number of aromatic hydroxyl groups is 1. The molecule has 2 aromatic rings. The molecule has 0 bridgehead atoms. The lowest BCUT2D eigenvalue weighted by atomic mass is 9.52. The minimum Gasteiger partial charge on any atom is -0.505 e. The minimum absolute atomic E-state index is 0.0585. The van der Waals surface area contributed by atoms with Gasteiger partial charge in [0.25, 0.3) is 0 Å². The molecule has 3 aliphatic carbocycles. The number of anilines is 3. The molecule has 226 valence electrons. The van der Waals surface area contributed by atoms with Crippen molar-refractivity contribution in [3.05, 3.63) is 47.5 Å². The maximum Gasteiger partial charge on any atom is 0.323 e. The van der Waals surface area contributed by atoms with E-state index in [1.807, 2.05) is 0 Å². The van der Waals surface area contributed by atoms with E-state index in [0.29, 0.717) is 16.9 Å². The highest BCUT2D eigenvalue weighted by atomic mass is 16.3. The van der Waals surface area contributed by atoms with Gasteiger partial charge in [-0.1, -0.05) is 18.2 Å². The molecule has 0 spiro atoms. The molecule has 0 aliphatic heterocycles. The lowest BCUT2D eigenvalue weighted by Gasteiger charge is -2.52. The number of para-hydroxylation sites is 1. The zero-order valence-electron chi connectivity index (χ0n) is 24.1. The fraction of sp³-hybridized carbons (Fsp3) is 0.400. The summed E-state index contributed by atoms with van der Waals surface area (Å²) in [6.45, 7) is 0. The van der Waals surface area contributed by atoms with Crippen LogP contribution in [0.1, 0.15) is 22.3 Å². The number of fused-ring (bicyclic) bond motifs is 3. The topological polar surface area (TPSA) is 199 Å². The summed E-state index contributed by atoms with van der Waals surface area (Å²) in [5.41, 5.74) is 3.64. The van der Waals surface area contributed by atoms with Gasteiger partial charge in [-0.25, -0.2) is 4.79 Å². The Morgan fingerprint density at radius 2 is 1.65 bits per heavy atom. The van der Waals surface area contributed by atoms with E-state index in [1.165, 1.54) is 25.1 Å². The molecular formula is C30H33N5O8. The summed E-state index contributed by atoms with van der Waals surface area (Å²) in [6, 6.07) is 8.20. The predicted octanol–water partition coefficient (Wildman–Crippen LogP) is 0.577. The number of nitrogens with zero attached hydrogens (tertiary/aromatic N) is 2. The first-order valence-electron chi connectivity index (χ1n) is 13.7. The van der Waals surface area contributed by atoms with Crippen LogP contribution < -0.4 is 21.3 Å². The number of urea groups is 1. The van der Waals surface area contributed by atoms with E-state index in [2.05, 4.69) is 10.6 Å². The molecule has 0 heterocycles. The van der Waals surface area contributed by atoms with E-state index in [1.54, 1.807) is 49.3 Å². The van der Waals surface area contributed by atoms with Crippen molar-refractivity contribution in [3.8, 4) is 5.75 Å². The van der Waals surface area contributed by atoms with Gasteiger partial charge >= 0.3 is 6.03 Å². The van der Waals surface area contributed by atoms with Gasteiger partial charge in [0.1, 0.15) is 5.75 Å². The molecule has 3 amide bonds. The molecule has 3 aliphatic rings. The van der Waals surface area contributed by atoms with E-state index >= 15 is 0 Å². The molecule has 6 N–H and O–H groups in total. The highest BCUT2D eigenvalue weighted by Crippen LogP contribution is 2.52. The van der Waals surface area contributed by atoms with Crippen molar-refractivity contribution < 1.29 is 39.0 Å². The van der Waals surface area contributed by atoms with Gasteiger partial charge in [-0.3, -0.25) is 28.9 Å². The Bertz CT molecular complexity index is 1570. The molecule has 6 unspecified atom stereocenters. The summed E-state index contributed by atoms with van der Waals surface area (Å²) in [5, 5.41) is 28.2. The molecular weight excluding hydrogens is 558 g/mol. The van der Waals surface area contributed by atoms with Gasteiger partial charge in [0, 0.05) is 31.4 Å². The maximum absolute atomic E-state index is 14.1. The van der Waals surface area contributed by atoms with Gasteiger partial charge < -0.3 is 31.5 Å². The van der Waals surface area contributed by atoms with E-state index in [0.717, 1.165) is 0 Å². The van der Waals surface area contributed by atoms with E-state index in [4.69, 9.17) is 5.73 Å². The third kappa shape index (κ3) is 4.55. The maximum atomic E-state index is 14.1. The Labute approximate surface area is 247 Å². The van der Waals surface area contributed by atoms with Crippen molar-refractivity contribution in [3.63, 3.8) is 0 Å². The monoisotopic (exact) mass is 591 g/mol. The minimum atomic E-state index is -2.82. The molecule has 6 atom stereocenters. The normalized spacial score (nSPS) is 28.1. The molecule has 43 heavy (non-hydrogen) atoms. The highest BCUT2D eigenvalue weighted by molar-refractivity contribution is 6.32. The number of phenols is 1. The zero-order chi connectivity index (χ0) is 31.5. The number of primary amides is 1. The second-order valence-electron chi connectivity index (χ2n) is 11.8. The first-order valence-corrected chi connectivity index (χ1v) is 13.7. The Kier molecular flexibility index (Phi) is 7.35. The van der Waals surface area contributed by atoms with Crippen molar-refractivity contribution in [1.29, 1.82) is 0 Å². The molecule has 2 aromatic carbocycles. The van der Waals surface area contributed by atoms with Crippen LogP contribution in [0.15, 0.2) is 36.4 Å². The van der Waals surface area contributed by atoms with Crippen molar-refractivity contribution in [1.82, 2.24) is 4.90 Å². The largest absolute Gasteiger partial charge is 0.505 e. The average molecular weight is 592 g/mol. The third-order valence-electron chi connectivity index (χ3n) is 8.80. The van der Waals surface area contributed by atoms with Crippen LogP contribution in [-0.2, 0) is 25.6 Å². The second-order valence-corrected chi connectivity index (χ2v) is 11.8.